The van der Waals surface area contributed by atoms with Gasteiger partial charge in [0.2, 0.25) is 11.8 Å². The molecular formula is C19H24N2O3. The summed E-state index contributed by atoms with van der Waals surface area (Å²) < 4.78 is 5.32. The molecule has 1 saturated carbocycles. The Morgan fingerprint density at radius 2 is 2.08 bits per heavy atom. The van der Waals surface area contributed by atoms with Crippen molar-refractivity contribution in [3.05, 3.63) is 29.8 Å². The maximum Gasteiger partial charge on any atom is 0.228 e. The number of methoxy groups -OCH3 is 1. The van der Waals surface area contributed by atoms with Gasteiger partial charge in [0.1, 0.15) is 5.75 Å². The van der Waals surface area contributed by atoms with Gasteiger partial charge in [-0.25, -0.2) is 0 Å². The molecule has 2 atom stereocenters. The third kappa shape index (κ3) is 2.76. The van der Waals surface area contributed by atoms with E-state index in [0.717, 1.165) is 43.5 Å². The molecule has 0 aromatic heterocycles. The van der Waals surface area contributed by atoms with Gasteiger partial charge < -0.3 is 14.5 Å². The average Bonchev–Trinajstić information content (AvgIpc) is 3.19. The van der Waals surface area contributed by atoms with E-state index in [0.29, 0.717) is 19.0 Å². The number of carbonyl (C=O) groups excluding carboxylic acids is 2. The molecule has 2 aliphatic heterocycles. The number of ether oxygens (including phenoxy) is 1. The molecule has 0 bridgehead atoms. The maximum atomic E-state index is 13.0. The van der Waals surface area contributed by atoms with E-state index in [9.17, 15) is 9.59 Å². The molecule has 5 heteroatoms. The van der Waals surface area contributed by atoms with E-state index in [1.807, 2.05) is 28.0 Å². The topological polar surface area (TPSA) is 49.9 Å². The largest absolute Gasteiger partial charge is 0.497 e. The summed E-state index contributed by atoms with van der Waals surface area (Å²) in [6.45, 7) is 1.40. The van der Waals surface area contributed by atoms with Crippen LogP contribution in [0.5, 0.6) is 5.75 Å². The van der Waals surface area contributed by atoms with E-state index >= 15 is 0 Å². The molecule has 0 spiro atoms. The van der Waals surface area contributed by atoms with E-state index in [1.54, 1.807) is 7.11 Å². The van der Waals surface area contributed by atoms with E-state index < -0.39 is 0 Å². The Kier molecular flexibility index (Phi) is 3.94. The summed E-state index contributed by atoms with van der Waals surface area (Å²) in [4.78, 5) is 29.1. The SMILES string of the molecule is COc1cccc([C@H]2CCCN2C(=O)[C@@H]2CC(=O)N(C3CC3)C2)c1. The van der Waals surface area contributed by atoms with Crippen molar-refractivity contribution in [2.45, 2.75) is 44.2 Å². The second-order valence-corrected chi connectivity index (χ2v) is 7.14. The lowest BCUT2D eigenvalue weighted by molar-refractivity contribution is -0.136. The van der Waals surface area contributed by atoms with Crippen molar-refractivity contribution in [3.63, 3.8) is 0 Å². The lowest BCUT2D eigenvalue weighted by atomic mass is 10.0. The fourth-order valence-corrected chi connectivity index (χ4v) is 4.10. The molecule has 5 nitrogen and oxygen atoms in total. The molecule has 4 rings (SSSR count). The molecule has 2 amide bonds. The van der Waals surface area contributed by atoms with Crippen LogP contribution in [0.2, 0.25) is 0 Å². The van der Waals surface area contributed by atoms with Crippen LogP contribution in [0.15, 0.2) is 24.3 Å². The minimum absolute atomic E-state index is 0.109. The van der Waals surface area contributed by atoms with Crippen molar-refractivity contribution in [2.24, 2.45) is 5.92 Å². The molecule has 0 unspecified atom stereocenters. The van der Waals surface area contributed by atoms with Crippen LogP contribution in [-0.2, 0) is 9.59 Å². The smallest absolute Gasteiger partial charge is 0.228 e. The molecule has 2 heterocycles. The number of amides is 2. The van der Waals surface area contributed by atoms with Gasteiger partial charge in [0.05, 0.1) is 19.1 Å². The van der Waals surface area contributed by atoms with Crippen molar-refractivity contribution >= 4 is 11.8 Å². The van der Waals surface area contributed by atoms with Gasteiger partial charge in [0.25, 0.3) is 0 Å². The van der Waals surface area contributed by atoms with Crippen LogP contribution in [-0.4, -0.2) is 47.9 Å². The summed E-state index contributed by atoms with van der Waals surface area (Å²) in [5, 5.41) is 0. The van der Waals surface area contributed by atoms with E-state index in [2.05, 4.69) is 6.07 Å². The Morgan fingerprint density at radius 3 is 2.83 bits per heavy atom. The molecule has 1 aliphatic carbocycles. The van der Waals surface area contributed by atoms with Crippen molar-refractivity contribution in [2.75, 3.05) is 20.2 Å². The maximum absolute atomic E-state index is 13.0. The molecule has 128 valence electrons. The van der Waals surface area contributed by atoms with Crippen LogP contribution in [0, 0.1) is 5.92 Å². The first kappa shape index (κ1) is 15.5. The number of likely N-dealkylation sites (tertiary alicyclic amines) is 2. The minimum atomic E-state index is -0.163. The van der Waals surface area contributed by atoms with Gasteiger partial charge in [0, 0.05) is 25.6 Å². The first-order valence-electron chi connectivity index (χ1n) is 8.91. The normalized spacial score (nSPS) is 27.0. The van der Waals surface area contributed by atoms with Gasteiger partial charge in [-0.05, 0) is 43.4 Å². The van der Waals surface area contributed by atoms with Gasteiger partial charge in [-0.1, -0.05) is 12.1 Å². The second-order valence-electron chi connectivity index (χ2n) is 7.14. The van der Waals surface area contributed by atoms with Crippen LogP contribution in [0.4, 0.5) is 0 Å². The first-order valence-corrected chi connectivity index (χ1v) is 8.91. The number of rotatable bonds is 4. The van der Waals surface area contributed by atoms with Gasteiger partial charge in [-0.2, -0.15) is 0 Å². The zero-order chi connectivity index (χ0) is 16.7. The van der Waals surface area contributed by atoms with Crippen LogP contribution in [0.3, 0.4) is 0 Å². The first-order chi connectivity index (χ1) is 11.7. The summed E-state index contributed by atoms with van der Waals surface area (Å²) in [6.07, 6.45) is 4.58. The van der Waals surface area contributed by atoms with Crippen LogP contribution < -0.4 is 4.74 Å². The van der Waals surface area contributed by atoms with E-state index in [-0.39, 0.29) is 23.8 Å². The zero-order valence-electron chi connectivity index (χ0n) is 14.1. The molecule has 24 heavy (non-hydrogen) atoms. The highest BCUT2D eigenvalue weighted by atomic mass is 16.5. The molecular weight excluding hydrogens is 304 g/mol. The Balaban J connectivity index is 1.50. The number of hydrogen-bond acceptors (Lipinski definition) is 3. The molecule has 3 fully saturated rings. The Bertz CT molecular complexity index is 656. The van der Waals surface area contributed by atoms with E-state index in [1.165, 1.54) is 0 Å². The molecule has 3 aliphatic rings. The third-order valence-corrected chi connectivity index (χ3v) is 5.51. The van der Waals surface area contributed by atoms with Crippen molar-refractivity contribution in [1.82, 2.24) is 9.80 Å². The summed E-state index contributed by atoms with van der Waals surface area (Å²) >= 11 is 0. The van der Waals surface area contributed by atoms with Crippen LogP contribution in [0.1, 0.15) is 43.7 Å². The Hall–Kier alpha value is -2.04. The summed E-state index contributed by atoms with van der Waals surface area (Å²) in [5.74, 6) is 0.969. The lowest BCUT2D eigenvalue weighted by Gasteiger charge is -2.28. The summed E-state index contributed by atoms with van der Waals surface area (Å²) in [7, 11) is 1.66. The quantitative estimate of drug-likeness (QED) is 0.852. The molecule has 0 N–H and O–H groups in total. The highest BCUT2D eigenvalue weighted by Crippen LogP contribution is 2.37. The monoisotopic (exact) mass is 328 g/mol. The summed E-state index contributed by atoms with van der Waals surface area (Å²) in [5.41, 5.74) is 1.13. The molecule has 0 radical (unpaired) electrons. The predicted octanol–water partition coefficient (Wildman–Crippen LogP) is 2.37. The lowest BCUT2D eigenvalue weighted by Crippen LogP contribution is -2.37. The Morgan fingerprint density at radius 1 is 1.25 bits per heavy atom. The van der Waals surface area contributed by atoms with Crippen molar-refractivity contribution < 1.29 is 14.3 Å². The highest BCUT2D eigenvalue weighted by Gasteiger charge is 2.44. The number of hydrogen-bond donors (Lipinski definition) is 0. The Labute approximate surface area is 142 Å². The summed E-state index contributed by atoms with van der Waals surface area (Å²) in [6, 6.07) is 8.50. The number of nitrogens with zero attached hydrogens (tertiary/aromatic N) is 2. The third-order valence-electron chi connectivity index (χ3n) is 5.51. The standard InChI is InChI=1S/C19H24N2O3/c1-24-16-5-2-4-13(10-16)17-6-3-9-20(17)19(23)14-11-18(22)21(12-14)15-7-8-15/h2,4-5,10,14-15,17H,3,6-9,11-12H2,1H3/t14-,17-/m1/s1. The van der Waals surface area contributed by atoms with Crippen molar-refractivity contribution in [3.8, 4) is 5.75 Å². The van der Waals surface area contributed by atoms with Crippen LogP contribution >= 0.6 is 0 Å². The van der Waals surface area contributed by atoms with Crippen LogP contribution in [0.25, 0.3) is 0 Å². The number of carbonyl (C=O) groups is 2. The fourth-order valence-electron chi connectivity index (χ4n) is 4.10. The van der Waals surface area contributed by atoms with E-state index in [4.69, 9.17) is 4.74 Å². The van der Waals surface area contributed by atoms with Crippen molar-refractivity contribution in [1.29, 1.82) is 0 Å². The zero-order valence-corrected chi connectivity index (χ0v) is 14.1. The predicted molar refractivity (Wildman–Crippen MR) is 89.5 cm³/mol. The van der Waals surface area contributed by atoms with Gasteiger partial charge in [0.15, 0.2) is 0 Å². The van der Waals surface area contributed by atoms with Gasteiger partial charge in [-0.15, -0.1) is 0 Å². The van der Waals surface area contributed by atoms with Gasteiger partial charge >= 0.3 is 0 Å². The molecule has 1 aromatic carbocycles. The second kappa shape index (κ2) is 6.11. The number of benzene rings is 1. The fraction of sp³-hybridized carbons (Fsp3) is 0.579. The average molecular weight is 328 g/mol. The highest BCUT2D eigenvalue weighted by molar-refractivity contribution is 5.90. The minimum Gasteiger partial charge on any atom is -0.497 e. The molecule has 1 aromatic rings. The molecule has 2 saturated heterocycles. The van der Waals surface area contributed by atoms with Gasteiger partial charge in [-0.3, -0.25) is 9.59 Å².